The molecular formula is C23H32N4O2S. The SMILES string of the molecule is COc1ccc(-c2nnc(SCC(=O)N3CC[C@@H]4CCCC[C@H]4C3)n2C(C)C)cc1. The van der Waals surface area contributed by atoms with Crippen molar-refractivity contribution in [2.45, 2.75) is 57.1 Å². The Bertz CT molecular complexity index is 865. The summed E-state index contributed by atoms with van der Waals surface area (Å²) in [6.07, 6.45) is 6.50. The lowest BCUT2D eigenvalue weighted by molar-refractivity contribution is -0.131. The number of carbonyl (C=O) groups is 1. The molecule has 0 spiro atoms. The first-order chi connectivity index (χ1) is 14.6. The maximum Gasteiger partial charge on any atom is 0.233 e. The maximum atomic E-state index is 12.9. The lowest BCUT2D eigenvalue weighted by Crippen LogP contribution is -2.45. The quantitative estimate of drug-likeness (QED) is 0.626. The van der Waals surface area contributed by atoms with Crippen LogP contribution in [0.2, 0.25) is 0 Å². The normalized spacial score (nSPS) is 21.5. The van der Waals surface area contributed by atoms with Crippen LogP contribution in [0, 0.1) is 11.8 Å². The molecule has 0 radical (unpaired) electrons. The molecule has 6 nitrogen and oxygen atoms in total. The van der Waals surface area contributed by atoms with E-state index >= 15 is 0 Å². The Morgan fingerprint density at radius 2 is 1.87 bits per heavy atom. The van der Waals surface area contributed by atoms with E-state index in [0.29, 0.717) is 11.7 Å². The summed E-state index contributed by atoms with van der Waals surface area (Å²) < 4.78 is 7.37. The van der Waals surface area contributed by atoms with Gasteiger partial charge >= 0.3 is 0 Å². The largest absolute Gasteiger partial charge is 0.497 e. The molecular weight excluding hydrogens is 396 g/mol. The molecule has 2 aliphatic rings. The number of hydrogen-bond donors (Lipinski definition) is 0. The highest BCUT2D eigenvalue weighted by molar-refractivity contribution is 7.99. The fourth-order valence-corrected chi connectivity index (χ4v) is 5.79. The third kappa shape index (κ3) is 4.51. The van der Waals surface area contributed by atoms with Gasteiger partial charge in [0.25, 0.3) is 0 Å². The molecule has 0 N–H and O–H groups in total. The highest BCUT2D eigenvalue weighted by Gasteiger charge is 2.33. The van der Waals surface area contributed by atoms with Crippen molar-refractivity contribution in [2.24, 2.45) is 11.8 Å². The molecule has 1 aliphatic heterocycles. The summed E-state index contributed by atoms with van der Waals surface area (Å²) in [5.74, 6) is 3.84. The molecule has 1 saturated heterocycles. The van der Waals surface area contributed by atoms with E-state index in [9.17, 15) is 4.79 Å². The number of fused-ring (bicyclic) bond motifs is 1. The Kier molecular flexibility index (Phi) is 6.66. The molecule has 7 heteroatoms. The van der Waals surface area contributed by atoms with Gasteiger partial charge < -0.3 is 9.64 Å². The first kappa shape index (κ1) is 21.2. The van der Waals surface area contributed by atoms with E-state index in [4.69, 9.17) is 4.74 Å². The van der Waals surface area contributed by atoms with E-state index in [-0.39, 0.29) is 11.9 Å². The van der Waals surface area contributed by atoms with Crippen LogP contribution in [0.5, 0.6) is 5.75 Å². The van der Waals surface area contributed by atoms with Crippen LogP contribution in [0.1, 0.15) is 52.0 Å². The summed E-state index contributed by atoms with van der Waals surface area (Å²) in [6.45, 7) is 6.10. The Hall–Kier alpha value is -2.02. The summed E-state index contributed by atoms with van der Waals surface area (Å²) in [7, 11) is 1.66. The number of amides is 1. The van der Waals surface area contributed by atoms with Gasteiger partial charge in [0.1, 0.15) is 5.75 Å². The van der Waals surface area contributed by atoms with Gasteiger partial charge in [-0.15, -0.1) is 10.2 Å². The molecule has 0 bridgehead atoms. The van der Waals surface area contributed by atoms with Crippen LogP contribution >= 0.6 is 11.8 Å². The standard InChI is InChI=1S/C23H32N4O2S/c1-16(2)27-22(18-8-10-20(29-3)11-9-18)24-25-23(27)30-15-21(28)26-13-12-17-6-4-5-7-19(17)14-26/h8-11,16-17,19H,4-7,12-15H2,1-3H3/t17-,19-/m0/s1. The molecule has 0 unspecified atom stereocenters. The van der Waals surface area contributed by atoms with E-state index in [1.54, 1.807) is 7.11 Å². The molecule has 1 amide bonds. The molecule has 2 atom stereocenters. The van der Waals surface area contributed by atoms with Gasteiger partial charge in [-0.2, -0.15) is 0 Å². The molecule has 1 saturated carbocycles. The van der Waals surface area contributed by atoms with E-state index in [2.05, 4.69) is 33.5 Å². The van der Waals surface area contributed by atoms with E-state index in [1.807, 2.05) is 24.3 Å². The van der Waals surface area contributed by atoms with Gasteiger partial charge in [-0.25, -0.2) is 0 Å². The van der Waals surface area contributed by atoms with Crippen molar-refractivity contribution in [3.63, 3.8) is 0 Å². The molecule has 2 fully saturated rings. The Morgan fingerprint density at radius 1 is 1.13 bits per heavy atom. The zero-order chi connectivity index (χ0) is 21.1. The van der Waals surface area contributed by atoms with Crippen molar-refractivity contribution in [3.8, 4) is 17.1 Å². The predicted molar refractivity (Wildman–Crippen MR) is 120 cm³/mol. The first-order valence-electron chi connectivity index (χ1n) is 11.1. The van der Waals surface area contributed by atoms with Gasteiger partial charge in [0, 0.05) is 24.7 Å². The average molecular weight is 429 g/mol. The number of benzene rings is 1. The molecule has 30 heavy (non-hydrogen) atoms. The summed E-state index contributed by atoms with van der Waals surface area (Å²) >= 11 is 1.50. The Labute approximate surface area is 183 Å². The van der Waals surface area contributed by atoms with Crippen LogP contribution in [0.25, 0.3) is 11.4 Å². The molecule has 4 rings (SSSR count). The number of nitrogens with zero attached hydrogens (tertiary/aromatic N) is 4. The molecule has 162 valence electrons. The first-order valence-corrected chi connectivity index (χ1v) is 12.0. The van der Waals surface area contributed by atoms with Gasteiger partial charge in [-0.05, 0) is 62.8 Å². The summed E-state index contributed by atoms with van der Waals surface area (Å²) in [5, 5.41) is 9.65. The van der Waals surface area contributed by atoms with Crippen molar-refractivity contribution < 1.29 is 9.53 Å². The zero-order valence-corrected chi connectivity index (χ0v) is 19.0. The van der Waals surface area contributed by atoms with Crippen LogP contribution in [0.3, 0.4) is 0 Å². The van der Waals surface area contributed by atoms with Crippen LogP contribution in [-0.2, 0) is 4.79 Å². The number of ether oxygens (including phenoxy) is 1. The van der Waals surface area contributed by atoms with Gasteiger partial charge in [0.05, 0.1) is 12.9 Å². The monoisotopic (exact) mass is 428 g/mol. The van der Waals surface area contributed by atoms with Gasteiger partial charge in [0.15, 0.2) is 11.0 Å². The number of hydrogen-bond acceptors (Lipinski definition) is 5. The van der Waals surface area contributed by atoms with Crippen molar-refractivity contribution in [1.29, 1.82) is 0 Å². The Morgan fingerprint density at radius 3 is 2.57 bits per heavy atom. The van der Waals surface area contributed by atoms with E-state index in [1.165, 1.54) is 43.9 Å². The van der Waals surface area contributed by atoms with Crippen molar-refractivity contribution >= 4 is 17.7 Å². The molecule has 1 aromatic carbocycles. The van der Waals surface area contributed by atoms with Crippen LogP contribution in [-0.4, -0.2) is 51.5 Å². The van der Waals surface area contributed by atoms with Gasteiger partial charge in [0.2, 0.25) is 5.91 Å². The molecule has 2 aromatic rings. The molecule has 1 aliphatic carbocycles. The number of carbonyl (C=O) groups excluding carboxylic acids is 1. The van der Waals surface area contributed by atoms with Crippen LogP contribution in [0.4, 0.5) is 0 Å². The number of methoxy groups -OCH3 is 1. The minimum atomic E-state index is 0.202. The topological polar surface area (TPSA) is 60.3 Å². The van der Waals surface area contributed by atoms with E-state index < -0.39 is 0 Å². The van der Waals surface area contributed by atoms with Crippen LogP contribution in [0.15, 0.2) is 29.4 Å². The number of thioether (sulfide) groups is 1. The number of likely N-dealkylation sites (tertiary alicyclic amines) is 1. The molecule has 1 aromatic heterocycles. The number of rotatable bonds is 6. The second-order valence-electron chi connectivity index (χ2n) is 8.72. The second-order valence-corrected chi connectivity index (χ2v) is 9.66. The summed E-state index contributed by atoms with van der Waals surface area (Å²) in [5.41, 5.74) is 0.995. The predicted octanol–water partition coefficient (Wildman–Crippen LogP) is 4.67. The molecule has 2 heterocycles. The third-order valence-electron chi connectivity index (χ3n) is 6.50. The second kappa shape index (κ2) is 9.41. The highest BCUT2D eigenvalue weighted by Crippen LogP contribution is 2.36. The Balaban J connectivity index is 1.43. The lowest BCUT2D eigenvalue weighted by atomic mass is 9.75. The van der Waals surface area contributed by atoms with Gasteiger partial charge in [-0.1, -0.05) is 31.0 Å². The summed E-state index contributed by atoms with van der Waals surface area (Å²) in [6, 6.07) is 8.05. The van der Waals surface area contributed by atoms with Crippen molar-refractivity contribution in [3.05, 3.63) is 24.3 Å². The fraction of sp³-hybridized carbons (Fsp3) is 0.609. The summed E-state index contributed by atoms with van der Waals surface area (Å²) in [4.78, 5) is 15.0. The minimum Gasteiger partial charge on any atom is -0.497 e. The van der Waals surface area contributed by atoms with Gasteiger partial charge in [-0.3, -0.25) is 9.36 Å². The number of piperidine rings is 1. The maximum absolute atomic E-state index is 12.9. The third-order valence-corrected chi connectivity index (χ3v) is 7.43. The van der Waals surface area contributed by atoms with Crippen LogP contribution < -0.4 is 4.74 Å². The van der Waals surface area contributed by atoms with E-state index in [0.717, 1.165) is 41.3 Å². The number of aromatic nitrogens is 3. The average Bonchev–Trinajstić information content (AvgIpc) is 3.21. The highest BCUT2D eigenvalue weighted by atomic mass is 32.2. The fourth-order valence-electron chi connectivity index (χ4n) is 4.82. The van der Waals surface area contributed by atoms with Crippen molar-refractivity contribution in [2.75, 3.05) is 26.0 Å². The van der Waals surface area contributed by atoms with Crippen molar-refractivity contribution in [1.82, 2.24) is 19.7 Å². The smallest absolute Gasteiger partial charge is 0.233 e. The lowest BCUT2D eigenvalue weighted by Gasteiger charge is -2.41. The zero-order valence-electron chi connectivity index (χ0n) is 18.2. The minimum absolute atomic E-state index is 0.202.